The van der Waals surface area contributed by atoms with Crippen molar-refractivity contribution in [2.75, 3.05) is 7.11 Å². The first-order chi connectivity index (χ1) is 9.42. The van der Waals surface area contributed by atoms with Crippen LogP contribution in [0.4, 0.5) is 5.69 Å². The highest BCUT2D eigenvalue weighted by atomic mass is 35.5. The number of nitrogens with one attached hydrogen (secondary N) is 1. The zero-order valence-corrected chi connectivity index (χ0v) is 11.0. The number of nitrogens with zero attached hydrogens (tertiary/aromatic N) is 2. The van der Waals surface area contributed by atoms with E-state index in [0.29, 0.717) is 0 Å². The van der Waals surface area contributed by atoms with E-state index in [2.05, 4.69) is 4.74 Å². The molecule has 0 saturated carbocycles. The maximum atomic E-state index is 11.6. The van der Waals surface area contributed by atoms with Gasteiger partial charge in [-0.05, 0) is 5.56 Å². The number of nitro benzene ring substituents is 1. The summed E-state index contributed by atoms with van der Waals surface area (Å²) in [5.74, 6) is -1.08. The number of esters is 1. The van der Waals surface area contributed by atoms with E-state index in [-0.39, 0.29) is 11.3 Å². The van der Waals surface area contributed by atoms with Crippen LogP contribution in [0.25, 0.3) is 0 Å². The highest BCUT2D eigenvalue weighted by Gasteiger charge is 2.48. The van der Waals surface area contributed by atoms with E-state index in [1.54, 1.807) is 11.5 Å². The molecule has 1 aromatic rings. The SMILES string of the molecule is COC(=O)C(C#N)(NO)C(Cl)c1ccc([N+](=O)[O-])cc1. The van der Waals surface area contributed by atoms with Gasteiger partial charge < -0.3 is 9.94 Å². The van der Waals surface area contributed by atoms with Crippen molar-refractivity contribution in [3.63, 3.8) is 0 Å². The summed E-state index contributed by atoms with van der Waals surface area (Å²) in [6, 6.07) is 6.45. The molecule has 0 radical (unpaired) electrons. The van der Waals surface area contributed by atoms with E-state index in [0.717, 1.165) is 7.11 Å². The average Bonchev–Trinajstić information content (AvgIpc) is 2.48. The monoisotopic (exact) mass is 299 g/mol. The molecule has 0 saturated heterocycles. The third-order valence-corrected chi connectivity index (χ3v) is 3.22. The van der Waals surface area contributed by atoms with Gasteiger partial charge in [-0.25, -0.2) is 4.79 Å². The predicted octanol–water partition coefficient (Wildman–Crippen LogP) is 1.29. The van der Waals surface area contributed by atoms with E-state index in [1.807, 2.05) is 0 Å². The van der Waals surface area contributed by atoms with Crippen molar-refractivity contribution in [1.29, 1.82) is 5.26 Å². The van der Waals surface area contributed by atoms with Gasteiger partial charge >= 0.3 is 5.97 Å². The number of ether oxygens (including phenoxy) is 1. The Bertz CT molecular complexity index is 556. The molecule has 1 rings (SSSR count). The molecule has 8 nitrogen and oxygen atoms in total. The molecule has 9 heteroatoms. The molecule has 2 unspecified atom stereocenters. The van der Waals surface area contributed by atoms with Crippen LogP contribution < -0.4 is 5.48 Å². The molecular weight excluding hydrogens is 290 g/mol. The van der Waals surface area contributed by atoms with Gasteiger partial charge in [-0.3, -0.25) is 10.1 Å². The van der Waals surface area contributed by atoms with Crippen LogP contribution >= 0.6 is 11.6 Å². The van der Waals surface area contributed by atoms with Crippen molar-refractivity contribution in [2.24, 2.45) is 0 Å². The Hall–Kier alpha value is -2.21. The number of methoxy groups -OCH3 is 1. The molecule has 0 aliphatic heterocycles. The third-order valence-electron chi connectivity index (χ3n) is 2.64. The first-order valence-corrected chi connectivity index (χ1v) is 5.66. The van der Waals surface area contributed by atoms with Gasteiger partial charge in [0.05, 0.1) is 12.0 Å². The van der Waals surface area contributed by atoms with Gasteiger partial charge in [0.25, 0.3) is 5.69 Å². The molecule has 0 amide bonds. The fraction of sp³-hybridized carbons (Fsp3) is 0.273. The Morgan fingerprint density at radius 1 is 1.60 bits per heavy atom. The normalized spacial score (nSPS) is 14.7. The second-order valence-electron chi connectivity index (χ2n) is 3.73. The highest BCUT2D eigenvalue weighted by molar-refractivity contribution is 6.24. The van der Waals surface area contributed by atoms with Gasteiger partial charge in [-0.2, -0.15) is 10.7 Å². The highest BCUT2D eigenvalue weighted by Crippen LogP contribution is 2.33. The molecule has 0 aliphatic carbocycles. The standard InChI is InChI=1S/C11H10ClN3O5/c1-20-10(16)11(6-13,14-17)9(12)7-2-4-8(5-3-7)15(18)19/h2-5,9,14,17H,1H3. The summed E-state index contributed by atoms with van der Waals surface area (Å²) in [5, 5.41) is 27.4. The van der Waals surface area contributed by atoms with E-state index in [9.17, 15) is 14.9 Å². The number of carbonyl (C=O) groups is 1. The summed E-state index contributed by atoms with van der Waals surface area (Å²) < 4.78 is 4.43. The smallest absolute Gasteiger partial charge is 0.345 e. The van der Waals surface area contributed by atoms with Gasteiger partial charge in [-0.15, -0.1) is 11.6 Å². The molecule has 0 aliphatic rings. The molecule has 20 heavy (non-hydrogen) atoms. The van der Waals surface area contributed by atoms with Gasteiger partial charge in [0.1, 0.15) is 11.4 Å². The largest absolute Gasteiger partial charge is 0.467 e. The maximum absolute atomic E-state index is 11.6. The number of carbonyl (C=O) groups excluding carboxylic acids is 1. The maximum Gasteiger partial charge on any atom is 0.345 e. The number of hydrogen-bond acceptors (Lipinski definition) is 7. The van der Waals surface area contributed by atoms with Crippen LogP contribution in [0.5, 0.6) is 0 Å². The van der Waals surface area contributed by atoms with Crippen LogP contribution in [0.3, 0.4) is 0 Å². The van der Waals surface area contributed by atoms with Crippen LogP contribution in [0.15, 0.2) is 24.3 Å². The number of nitro groups is 1. The summed E-state index contributed by atoms with van der Waals surface area (Å²) in [4.78, 5) is 21.6. The summed E-state index contributed by atoms with van der Waals surface area (Å²) >= 11 is 6.02. The molecule has 0 aromatic heterocycles. The number of benzene rings is 1. The van der Waals surface area contributed by atoms with Crippen LogP contribution in [0.1, 0.15) is 10.9 Å². The summed E-state index contributed by atoms with van der Waals surface area (Å²) in [6.45, 7) is 0. The number of nitriles is 1. The third kappa shape index (κ3) is 2.70. The Morgan fingerprint density at radius 2 is 2.15 bits per heavy atom. The van der Waals surface area contributed by atoms with Gasteiger partial charge in [0, 0.05) is 12.1 Å². The lowest BCUT2D eigenvalue weighted by Crippen LogP contribution is -2.53. The van der Waals surface area contributed by atoms with Crippen molar-refractivity contribution >= 4 is 23.3 Å². The Morgan fingerprint density at radius 3 is 2.50 bits per heavy atom. The van der Waals surface area contributed by atoms with E-state index >= 15 is 0 Å². The molecule has 1 aromatic carbocycles. The molecule has 2 atom stereocenters. The number of hydrogen-bond donors (Lipinski definition) is 2. The fourth-order valence-corrected chi connectivity index (χ4v) is 1.84. The second-order valence-corrected chi connectivity index (χ2v) is 4.17. The first-order valence-electron chi connectivity index (χ1n) is 5.22. The molecule has 106 valence electrons. The minimum Gasteiger partial charge on any atom is -0.467 e. The van der Waals surface area contributed by atoms with Crippen molar-refractivity contribution < 1.29 is 19.7 Å². The molecule has 0 fully saturated rings. The lowest BCUT2D eigenvalue weighted by Gasteiger charge is -2.26. The minimum absolute atomic E-state index is 0.171. The number of hydroxylamine groups is 1. The Labute approximate surface area is 118 Å². The molecular formula is C11H10ClN3O5. The number of halogens is 1. The molecule has 0 bridgehead atoms. The second kappa shape index (κ2) is 6.29. The summed E-state index contributed by atoms with van der Waals surface area (Å²) in [6.07, 6.45) is 0. The molecule has 0 heterocycles. The lowest BCUT2D eigenvalue weighted by atomic mass is 9.92. The summed E-state index contributed by atoms with van der Waals surface area (Å²) in [5.41, 5.74) is -0.609. The average molecular weight is 300 g/mol. The zero-order chi connectivity index (χ0) is 15.3. The van der Waals surface area contributed by atoms with Crippen molar-refractivity contribution in [3.8, 4) is 6.07 Å². The Balaban J connectivity index is 3.20. The zero-order valence-electron chi connectivity index (χ0n) is 10.2. The number of non-ortho nitro benzene ring substituents is 1. The van der Waals surface area contributed by atoms with Crippen molar-refractivity contribution in [2.45, 2.75) is 10.9 Å². The minimum atomic E-state index is -2.22. The Kier molecular flexibility index (Phi) is 4.99. The van der Waals surface area contributed by atoms with Gasteiger partial charge in [0.2, 0.25) is 5.54 Å². The van der Waals surface area contributed by atoms with Crippen molar-refractivity contribution in [1.82, 2.24) is 5.48 Å². The van der Waals surface area contributed by atoms with E-state index < -0.39 is 21.8 Å². The lowest BCUT2D eigenvalue weighted by molar-refractivity contribution is -0.384. The number of rotatable bonds is 5. The topological polar surface area (TPSA) is 125 Å². The van der Waals surface area contributed by atoms with Gasteiger partial charge in [0.15, 0.2) is 0 Å². The van der Waals surface area contributed by atoms with E-state index in [1.165, 1.54) is 24.3 Å². The fourth-order valence-electron chi connectivity index (χ4n) is 1.51. The van der Waals surface area contributed by atoms with Crippen molar-refractivity contribution in [3.05, 3.63) is 39.9 Å². The predicted molar refractivity (Wildman–Crippen MR) is 67.0 cm³/mol. The molecule has 0 spiro atoms. The van der Waals surface area contributed by atoms with Crippen LogP contribution in [0.2, 0.25) is 0 Å². The van der Waals surface area contributed by atoms with E-state index in [4.69, 9.17) is 22.1 Å². The van der Waals surface area contributed by atoms with Crippen LogP contribution in [-0.2, 0) is 9.53 Å². The van der Waals surface area contributed by atoms with Crippen LogP contribution in [-0.4, -0.2) is 28.7 Å². The summed E-state index contributed by atoms with van der Waals surface area (Å²) in [7, 11) is 1.03. The van der Waals surface area contributed by atoms with Crippen LogP contribution in [0, 0.1) is 21.4 Å². The quantitative estimate of drug-likeness (QED) is 0.363. The number of alkyl halides is 1. The first kappa shape index (κ1) is 15.8. The van der Waals surface area contributed by atoms with Gasteiger partial charge in [-0.1, -0.05) is 12.1 Å². The molecule has 2 N–H and O–H groups in total.